The topological polar surface area (TPSA) is 84.9 Å². The first-order valence-electron chi connectivity index (χ1n) is 8.30. The molecule has 30 heavy (non-hydrogen) atoms. The fourth-order valence-corrected chi connectivity index (χ4v) is 6.54. The van der Waals surface area contributed by atoms with Crippen LogP contribution in [0.4, 0.5) is 5.00 Å². The largest absolute Gasteiger partial charge is 0.497 e. The van der Waals surface area contributed by atoms with E-state index in [1.54, 1.807) is 42.8 Å². The molecule has 3 aromatic rings. The van der Waals surface area contributed by atoms with Crippen molar-refractivity contribution < 1.29 is 24.2 Å². The molecule has 2 N–H and O–H groups in total. The van der Waals surface area contributed by atoms with Gasteiger partial charge in [0.05, 0.1) is 28.7 Å². The Morgan fingerprint density at radius 2 is 1.67 bits per heavy atom. The van der Waals surface area contributed by atoms with E-state index < -0.39 is 11.9 Å². The summed E-state index contributed by atoms with van der Waals surface area (Å²) < 4.78 is 12.1. The van der Waals surface area contributed by atoms with Crippen molar-refractivity contribution in [3.8, 4) is 22.6 Å². The fraction of sp³-hybridized carbons (Fsp3) is 0.100. The Balaban J connectivity index is 2.01. The van der Waals surface area contributed by atoms with Gasteiger partial charge in [0.15, 0.2) is 0 Å². The second-order valence-electron chi connectivity index (χ2n) is 5.90. The zero-order valence-corrected chi connectivity index (χ0v) is 21.2. The lowest BCUT2D eigenvalue weighted by Gasteiger charge is -2.13. The minimum atomic E-state index is -1.14. The quantitative estimate of drug-likeness (QED) is 0.322. The highest BCUT2D eigenvalue weighted by Crippen LogP contribution is 2.41. The molecule has 0 aliphatic heterocycles. The van der Waals surface area contributed by atoms with Crippen LogP contribution in [0.2, 0.25) is 0 Å². The fourth-order valence-electron chi connectivity index (χ4n) is 2.78. The van der Waals surface area contributed by atoms with Gasteiger partial charge >= 0.3 is 5.97 Å². The summed E-state index contributed by atoms with van der Waals surface area (Å²) in [7, 11) is 3.05. The third-order valence-corrected chi connectivity index (χ3v) is 7.06. The highest BCUT2D eigenvalue weighted by atomic mass is 79.9. The number of methoxy groups -OCH3 is 2. The van der Waals surface area contributed by atoms with Crippen molar-refractivity contribution in [1.29, 1.82) is 0 Å². The van der Waals surface area contributed by atoms with Gasteiger partial charge in [-0.05, 0) is 71.6 Å². The number of rotatable bonds is 6. The summed E-state index contributed by atoms with van der Waals surface area (Å²) in [6, 6.07) is 8.73. The van der Waals surface area contributed by atoms with Crippen molar-refractivity contribution in [1.82, 2.24) is 0 Å². The van der Waals surface area contributed by atoms with Crippen LogP contribution in [0.5, 0.6) is 11.5 Å². The number of carboxylic acid groups (broad SMARTS) is 1. The normalized spacial score (nSPS) is 10.6. The molecule has 0 radical (unpaired) electrons. The molecule has 0 saturated carbocycles. The molecule has 1 aromatic heterocycles. The first-order chi connectivity index (χ1) is 14.3. The molecule has 0 aliphatic carbocycles. The molecule has 1 heterocycles. The van der Waals surface area contributed by atoms with Crippen LogP contribution in [0.25, 0.3) is 11.1 Å². The van der Waals surface area contributed by atoms with Crippen LogP contribution < -0.4 is 14.8 Å². The average molecular weight is 620 g/mol. The number of nitrogens with one attached hydrogen (secondary N) is 1. The van der Waals surface area contributed by atoms with E-state index in [-0.39, 0.29) is 16.1 Å². The van der Waals surface area contributed by atoms with Crippen molar-refractivity contribution in [3.05, 3.63) is 60.3 Å². The highest BCUT2D eigenvalue weighted by molar-refractivity contribution is 9.11. The van der Waals surface area contributed by atoms with E-state index in [0.717, 1.165) is 11.3 Å². The zero-order valence-electron chi connectivity index (χ0n) is 15.6. The predicted molar refractivity (Wildman–Crippen MR) is 127 cm³/mol. The summed E-state index contributed by atoms with van der Waals surface area (Å²) in [5.74, 6) is -0.501. The Bertz CT molecular complexity index is 1130. The van der Waals surface area contributed by atoms with E-state index in [4.69, 9.17) is 9.47 Å². The predicted octanol–water partition coefficient (Wildman–Crippen LogP) is 6.67. The number of carbonyl (C=O) groups excluding carboxylic acids is 1. The van der Waals surface area contributed by atoms with E-state index >= 15 is 0 Å². The van der Waals surface area contributed by atoms with Crippen LogP contribution in [-0.2, 0) is 0 Å². The molecule has 0 unspecified atom stereocenters. The van der Waals surface area contributed by atoms with Crippen LogP contribution >= 0.6 is 59.1 Å². The Morgan fingerprint density at radius 3 is 2.23 bits per heavy atom. The first-order valence-corrected chi connectivity index (χ1v) is 11.6. The number of amides is 1. The zero-order chi connectivity index (χ0) is 22.0. The lowest BCUT2D eigenvalue weighted by atomic mass is 10.0. The summed E-state index contributed by atoms with van der Waals surface area (Å²) >= 11 is 11.3. The minimum Gasteiger partial charge on any atom is -0.497 e. The van der Waals surface area contributed by atoms with E-state index in [9.17, 15) is 14.7 Å². The number of anilines is 1. The Labute approximate surface area is 201 Å². The average Bonchev–Trinajstić information content (AvgIpc) is 3.11. The second kappa shape index (κ2) is 9.51. The standard InChI is InChI=1S/C20H14Br3NO5S/c1-28-10-5-3-9(4-6-10)11-8-30-19(14(11)20(26)27)24-18(25)15-12(21)7-13(22)17(29-2)16(15)23/h3-8H,1-2H3,(H,24,25)(H,26,27). The number of thiophene rings is 1. The summed E-state index contributed by atoms with van der Waals surface area (Å²) in [5.41, 5.74) is 1.52. The third-order valence-electron chi connectivity index (χ3n) is 4.19. The van der Waals surface area contributed by atoms with Crippen LogP contribution in [-0.4, -0.2) is 31.2 Å². The molecular formula is C20H14Br3NO5S. The molecule has 6 nitrogen and oxygen atoms in total. The minimum absolute atomic E-state index is 0.0230. The maximum atomic E-state index is 13.0. The lowest BCUT2D eigenvalue weighted by Crippen LogP contribution is -2.15. The van der Waals surface area contributed by atoms with Gasteiger partial charge in [0.2, 0.25) is 0 Å². The summed E-state index contributed by atoms with van der Waals surface area (Å²) in [4.78, 5) is 25.0. The van der Waals surface area contributed by atoms with Gasteiger partial charge in [-0.2, -0.15) is 0 Å². The SMILES string of the molecule is COc1ccc(-c2csc(NC(=O)c3c(Br)cc(Br)c(OC)c3Br)c2C(=O)O)cc1. The van der Waals surface area contributed by atoms with E-state index in [1.165, 1.54) is 7.11 Å². The number of halogens is 3. The number of carbonyl (C=O) groups is 2. The van der Waals surface area contributed by atoms with Gasteiger partial charge in [-0.15, -0.1) is 11.3 Å². The molecule has 0 fully saturated rings. The summed E-state index contributed by atoms with van der Waals surface area (Å²) in [5, 5.41) is 14.4. The van der Waals surface area contributed by atoms with Crippen LogP contribution in [0, 0.1) is 0 Å². The Hall–Kier alpha value is -1.88. The van der Waals surface area contributed by atoms with E-state index in [0.29, 0.717) is 36.0 Å². The molecule has 0 saturated heterocycles. The maximum Gasteiger partial charge on any atom is 0.339 e. The van der Waals surface area contributed by atoms with Crippen LogP contribution in [0.15, 0.2) is 49.1 Å². The Kier molecular flexibility index (Phi) is 7.22. The molecule has 2 aromatic carbocycles. The maximum absolute atomic E-state index is 13.0. The number of benzene rings is 2. The van der Waals surface area contributed by atoms with Gasteiger partial charge < -0.3 is 19.9 Å². The Morgan fingerprint density at radius 1 is 1.00 bits per heavy atom. The van der Waals surface area contributed by atoms with Gasteiger partial charge in [-0.25, -0.2) is 4.79 Å². The number of hydrogen-bond acceptors (Lipinski definition) is 5. The first kappa shape index (κ1) is 22.8. The summed E-state index contributed by atoms with van der Waals surface area (Å²) in [6.45, 7) is 0. The molecule has 3 rings (SSSR count). The highest BCUT2D eigenvalue weighted by Gasteiger charge is 2.25. The lowest BCUT2D eigenvalue weighted by molar-refractivity contribution is 0.0699. The van der Waals surface area contributed by atoms with Gasteiger partial charge in [-0.1, -0.05) is 12.1 Å². The molecule has 1 amide bonds. The van der Waals surface area contributed by atoms with E-state index in [2.05, 4.69) is 53.1 Å². The smallest absolute Gasteiger partial charge is 0.339 e. The molecule has 10 heteroatoms. The van der Waals surface area contributed by atoms with Gasteiger partial charge in [-0.3, -0.25) is 4.79 Å². The molecule has 0 spiro atoms. The van der Waals surface area contributed by atoms with Crippen molar-refractivity contribution >= 4 is 76.0 Å². The van der Waals surface area contributed by atoms with Crippen LogP contribution in [0.3, 0.4) is 0 Å². The van der Waals surface area contributed by atoms with E-state index in [1.807, 2.05) is 0 Å². The van der Waals surface area contributed by atoms with Crippen molar-refractivity contribution in [2.24, 2.45) is 0 Å². The molecular weight excluding hydrogens is 606 g/mol. The van der Waals surface area contributed by atoms with Gasteiger partial charge in [0, 0.05) is 15.4 Å². The van der Waals surface area contributed by atoms with Crippen molar-refractivity contribution in [2.45, 2.75) is 0 Å². The number of ether oxygens (including phenoxy) is 2. The summed E-state index contributed by atoms with van der Waals surface area (Å²) in [6.07, 6.45) is 0. The van der Waals surface area contributed by atoms with Crippen molar-refractivity contribution in [2.75, 3.05) is 19.5 Å². The molecule has 156 valence electrons. The van der Waals surface area contributed by atoms with Gasteiger partial charge in [0.1, 0.15) is 22.1 Å². The molecule has 0 atom stereocenters. The van der Waals surface area contributed by atoms with Gasteiger partial charge in [0.25, 0.3) is 5.91 Å². The number of aromatic carboxylic acids is 1. The number of carboxylic acids is 1. The second-order valence-corrected chi connectivity index (χ2v) is 9.29. The third kappa shape index (κ3) is 4.41. The molecule has 0 aliphatic rings. The number of hydrogen-bond donors (Lipinski definition) is 2. The van der Waals surface area contributed by atoms with Crippen molar-refractivity contribution in [3.63, 3.8) is 0 Å². The molecule has 0 bridgehead atoms. The monoisotopic (exact) mass is 617 g/mol. The van der Waals surface area contributed by atoms with Crippen LogP contribution in [0.1, 0.15) is 20.7 Å².